The van der Waals surface area contributed by atoms with E-state index in [0.29, 0.717) is 0 Å². The van der Waals surface area contributed by atoms with Gasteiger partial charge in [-0.1, -0.05) is 19.9 Å². The molecule has 112 valence electrons. The molecule has 0 radical (unpaired) electrons. The summed E-state index contributed by atoms with van der Waals surface area (Å²) in [6.07, 6.45) is -0.244. The van der Waals surface area contributed by atoms with Crippen LogP contribution < -0.4 is 0 Å². The molecule has 1 aromatic heterocycles. The van der Waals surface area contributed by atoms with Gasteiger partial charge in [0.15, 0.2) is 5.82 Å². The average Bonchev–Trinajstić information content (AvgIpc) is 2.84. The highest BCUT2D eigenvalue weighted by Crippen LogP contribution is 2.29. The fourth-order valence-corrected chi connectivity index (χ4v) is 2.08. The quantitative estimate of drug-likeness (QED) is 0.915. The molecule has 1 aromatic carbocycles. The summed E-state index contributed by atoms with van der Waals surface area (Å²) >= 11 is 0. The number of hydrogen-bond acceptors (Lipinski definition) is 4. The van der Waals surface area contributed by atoms with Crippen molar-refractivity contribution in [3.8, 4) is 11.4 Å². The minimum Gasteiger partial charge on any atom is -0.481 e. The summed E-state index contributed by atoms with van der Waals surface area (Å²) in [7, 11) is 0. The van der Waals surface area contributed by atoms with Crippen LogP contribution in [0.5, 0.6) is 0 Å². The van der Waals surface area contributed by atoms with Crippen LogP contribution in [0.25, 0.3) is 11.4 Å². The third kappa shape index (κ3) is 3.04. The maximum Gasteiger partial charge on any atom is 0.305 e. The van der Waals surface area contributed by atoms with Gasteiger partial charge in [-0.05, 0) is 28.5 Å². The van der Waals surface area contributed by atoms with Gasteiger partial charge in [-0.15, -0.1) is 5.10 Å². The zero-order chi connectivity index (χ0) is 15.6. The van der Waals surface area contributed by atoms with Crippen molar-refractivity contribution in [2.45, 2.75) is 26.3 Å². The summed E-state index contributed by atoms with van der Waals surface area (Å²) in [4.78, 5) is 11.0. The number of halogens is 2. The Hall–Kier alpha value is -2.38. The third-order valence-corrected chi connectivity index (χ3v) is 3.15. The molecule has 8 heteroatoms. The number of rotatable bonds is 5. The first-order valence-electron chi connectivity index (χ1n) is 6.35. The summed E-state index contributed by atoms with van der Waals surface area (Å²) in [5.41, 5.74) is -0.362. The average molecular weight is 296 g/mol. The predicted octanol–water partition coefficient (Wildman–Crippen LogP) is 2.29. The molecular weight excluding hydrogens is 282 g/mol. The molecule has 1 unspecified atom stereocenters. The predicted molar refractivity (Wildman–Crippen MR) is 69.3 cm³/mol. The normalized spacial score (nSPS) is 12.6. The second-order valence-corrected chi connectivity index (χ2v) is 4.95. The van der Waals surface area contributed by atoms with E-state index < -0.39 is 23.6 Å². The fourth-order valence-electron chi connectivity index (χ4n) is 2.08. The van der Waals surface area contributed by atoms with E-state index in [4.69, 9.17) is 5.11 Å². The first-order valence-corrected chi connectivity index (χ1v) is 6.35. The van der Waals surface area contributed by atoms with E-state index in [9.17, 15) is 13.6 Å². The first-order chi connectivity index (χ1) is 9.91. The van der Waals surface area contributed by atoms with E-state index in [1.54, 1.807) is 13.8 Å². The molecule has 1 atom stereocenters. The Kier molecular flexibility index (Phi) is 4.25. The summed E-state index contributed by atoms with van der Waals surface area (Å²) in [6, 6.07) is 2.82. The van der Waals surface area contributed by atoms with Gasteiger partial charge in [-0.2, -0.15) is 0 Å². The van der Waals surface area contributed by atoms with Crippen molar-refractivity contribution >= 4 is 5.97 Å². The molecule has 0 saturated heterocycles. The lowest BCUT2D eigenvalue weighted by molar-refractivity contribution is -0.138. The molecule has 0 aliphatic carbocycles. The Morgan fingerprint density at radius 3 is 2.48 bits per heavy atom. The highest BCUT2D eigenvalue weighted by Gasteiger charge is 2.26. The molecule has 1 N–H and O–H groups in total. The second kappa shape index (κ2) is 5.94. The number of carbonyl (C=O) groups is 1. The lowest BCUT2D eigenvalue weighted by Crippen LogP contribution is -2.21. The summed E-state index contributed by atoms with van der Waals surface area (Å²) in [5.74, 6) is -2.89. The lowest BCUT2D eigenvalue weighted by Gasteiger charge is -2.20. The number of carboxylic acids is 1. The van der Waals surface area contributed by atoms with Crippen LogP contribution in [0.2, 0.25) is 0 Å². The van der Waals surface area contributed by atoms with Crippen LogP contribution in [0, 0.1) is 17.6 Å². The Morgan fingerprint density at radius 2 is 1.95 bits per heavy atom. The maximum absolute atomic E-state index is 13.9. The number of carboxylic acid groups (broad SMARTS) is 1. The topological polar surface area (TPSA) is 80.9 Å². The smallest absolute Gasteiger partial charge is 0.305 e. The number of nitrogens with zero attached hydrogens (tertiary/aromatic N) is 4. The minimum absolute atomic E-state index is 0.120. The van der Waals surface area contributed by atoms with Crippen molar-refractivity contribution in [3.63, 3.8) is 0 Å². The van der Waals surface area contributed by atoms with Crippen LogP contribution in [0.3, 0.4) is 0 Å². The van der Waals surface area contributed by atoms with Gasteiger partial charge in [0.2, 0.25) is 0 Å². The van der Waals surface area contributed by atoms with Gasteiger partial charge >= 0.3 is 5.97 Å². The van der Waals surface area contributed by atoms with Gasteiger partial charge in [0.05, 0.1) is 18.0 Å². The molecule has 2 rings (SSSR count). The largest absolute Gasteiger partial charge is 0.481 e. The molecule has 0 aliphatic heterocycles. The van der Waals surface area contributed by atoms with Crippen molar-refractivity contribution in [3.05, 3.63) is 29.8 Å². The van der Waals surface area contributed by atoms with Crippen LogP contribution in [0.1, 0.15) is 26.3 Å². The van der Waals surface area contributed by atoms with Gasteiger partial charge in [0, 0.05) is 0 Å². The zero-order valence-corrected chi connectivity index (χ0v) is 11.5. The Bertz CT molecular complexity index is 637. The fraction of sp³-hybridized carbons (Fsp3) is 0.385. The van der Waals surface area contributed by atoms with Crippen molar-refractivity contribution in [1.82, 2.24) is 20.2 Å². The van der Waals surface area contributed by atoms with Crippen LogP contribution in [0.4, 0.5) is 8.78 Å². The molecule has 6 nitrogen and oxygen atoms in total. The molecule has 0 spiro atoms. The number of aliphatic carboxylic acids is 1. The van der Waals surface area contributed by atoms with Crippen LogP contribution in [-0.2, 0) is 4.79 Å². The Balaban J connectivity index is 2.54. The van der Waals surface area contributed by atoms with Crippen LogP contribution in [0.15, 0.2) is 18.2 Å². The van der Waals surface area contributed by atoms with Gasteiger partial charge in [0.1, 0.15) is 11.6 Å². The summed E-state index contributed by atoms with van der Waals surface area (Å²) in [5, 5.41) is 19.8. The number of benzene rings is 1. The minimum atomic E-state index is -1.04. The number of tetrazole rings is 1. The zero-order valence-electron chi connectivity index (χ0n) is 11.5. The van der Waals surface area contributed by atoms with Gasteiger partial charge in [0.25, 0.3) is 0 Å². The van der Waals surface area contributed by atoms with Crippen molar-refractivity contribution in [2.24, 2.45) is 5.92 Å². The SMILES string of the molecule is CC(C)C(CC(=O)O)n1nnnc1-c1c(F)cccc1F. The number of aromatic nitrogens is 4. The molecule has 21 heavy (non-hydrogen) atoms. The molecule has 2 aromatic rings. The summed E-state index contributed by atoms with van der Waals surface area (Å²) < 4.78 is 28.9. The van der Waals surface area contributed by atoms with Crippen LogP contribution >= 0.6 is 0 Å². The van der Waals surface area contributed by atoms with Crippen molar-refractivity contribution < 1.29 is 18.7 Å². The molecule has 0 fully saturated rings. The van der Waals surface area contributed by atoms with Gasteiger partial charge < -0.3 is 5.11 Å². The molecule has 0 bridgehead atoms. The van der Waals surface area contributed by atoms with E-state index in [1.165, 1.54) is 10.7 Å². The first kappa shape index (κ1) is 15.0. The lowest BCUT2D eigenvalue weighted by atomic mass is 10.0. The molecule has 0 amide bonds. The van der Waals surface area contributed by atoms with E-state index in [0.717, 1.165) is 12.1 Å². The van der Waals surface area contributed by atoms with Gasteiger partial charge in [-0.3, -0.25) is 4.79 Å². The highest BCUT2D eigenvalue weighted by atomic mass is 19.1. The number of hydrogen-bond donors (Lipinski definition) is 1. The highest BCUT2D eigenvalue weighted by molar-refractivity contribution is 5.67. The van der Waals surface area contributed by atoms with Crippen LogP contribution in [-0.4, -0.2) is 31.3 Å². The van der Waals surface area contributed by atoms with E-state index >= 15 is 0 Å². The third-order valence-electron chi connectivity index (χ3n) is 3.15. The standard InChI is InChI=1S/C13H14F2N4O2/c1-7(2)10(6-11(20)21)19-13(16-17-18-19)12-8(14)4-3-5-9(12)15/h3-5,7,10H,6H2,1-2H3,(H,20,21). The van der Waals surface area contributed by atoms with E-state index in [-0.39, 0.29) is 23.7 Å². The van der Waals surface area contributed by atoms with Gasteiger partial charge in [-0.25, -0.2) is 13.5 Å². The van der Waals surface area contributed by atoms with E-state index in [2.05, 4.69) is 15.5 Å². The Labute approximate surface area is 119 Å². The molecule has 0 saturated carbocycles. The molecular formula is C13H14F2N4O2. The van der Waals surface area contributed by atoms with E-state index in [1.807, 2.05) is 0 Å². The summed E-state index contributed by atoms with van der Waals surface area (Å²) in [6.45, 7) is 3.58. The second-order valence-electron chi connectivity index (χ2n) is 4.95. The monoisotopic (exact) mass is 296 g/mol. The van der Waals surface area contributed by atoms with Crippen molar-refractivity contribution in [1.29, 1.82) is 0 Å². The molecule has 0 aliphatic rings. The maximum atomic E-state index is 13.9. The van der Waals surface area contributed by atoms with Crippen molar-refractivity contribution in [2.75, 3.05) is 0 Å². The Morgan fingerprint density at radius 1 is 1.33 bits per heavy atom. The molecule has 1 heterocycles.